The minimum Gasteiger partial charge on any atom is -0.334 e. The molecule has 0 aromatic carbocycles. The lowest BCUT2D eigenvalue weighted by atomic mass is 10.1. The number of nitrogens with zero attached hydrogens (tertiary/aromatic N) is 6. The van der Waals surface area contributed by atoms with Gasteiger partial charge in [-0.05, 0) is 37.8 Å². The summed E-state index contributed by atoms with van der Waals surface area (Å²) < 4.78 is 1.86. The first-order valence-corrected chi connectivity index (χ1v) is 8.32. The molecule has 0 spiro atoms. The second-order valence-corrected chi connectivity index (χ2v) is 6.48. The van der Waals surface area contributed by atoms with E-state index in [4.69, 9.17) is 5.26 Å². The maximum atomic E-state index is 12.8. The molecule has 1 amide bonds. The van der Waals surface area contributed by atoms with Gasteiger partial charge in [0, 0.05) is 30.4 Å². The lowest BCUT2D eigenvalue weighted by Gasteiger charge is -2.24. The minimum atomic E-state index is -0.0427. The van der Waals surface area contributed by atoms with Gasteiger partial charge in [-0.15, -0.1) is 5.10 Å². The highest BCUT2D eigenvalue weighted by atomic mass is 16.2. The molecule has 3 heterocycles. The van der Waals surface area contributed by atoms with E-state index in [1.807, 2.05) is 21.8 Å². The van der Waals surface area contributed by atoms with Gasteiger partial charge < -0.3 is 4.90 Å². The predicted octanol–water partition coefficient (Wildman–Crippen LogP) is 1.73. The Morgan fingerprint density at radius 2 is 2.25 bits per heavy atom. The highest BCUT2D eigenvalue weighted by Crippen LogP contribution is 2.38. The van der Waals surface area contributed by atoms with Crippen molar-refractivity contribution < 1.29 is 4.79 Å². The van der Waals surface area contributed by atoms with Crippen molar-refractivity contribution in [3.63, 3.8) is 0 Å². The van der Waals surface area contributed by atoms with E-state index in [0.29, 0.717) is 18.0 Å². The summed E-state index contributed by atoms with van der Waals surface area (Å²) in [5.41, 5.74) is 1.85. The van der Waals surface area contributed by atoms with Crippen molar-refractivity contribution in [1.82, 2.24) is 24.9 Å². The molecular weight excluding hydrogens is 304 g/mol. The van der Waals surface area contributed by atoms with Crippen molar-refractivity contribution in [3.8, 4) is 6.07 Å². The van der Waals surface area contributed by atoms with Crippen LogP contribution in [0.1, 0.15) is 53.3 Å². The van der Waals surface area contributed by atoms with Crippen LogP contribution in [-0.4, -0.2) is 43.4 Å². The van der Waals surface area contributed by atoms with Crippen LogP contribution in [-0.2, 0) is 6.54 Å². The van der Waals surface area contributed by atoms with Gasteiger partial charge in [-0.3, -0.25) is 9.48 Å². The third-order valence-corrected chi connectivity index (χ3v) is 4.71. The van der Waals surface area contributed by atoms with Crippen molar-refractivity contribution in [2.45, 2.75) is 44.2 Å². The second kappa shape index (κ2) is 6.04. The second-order valence-electron chi connectivity index (χ2n) is 6.48. The largest absolute Gasteiger partial charge is 0.334 e. The smallest absolute Gasteiger partial charge is 0.254 e. The Morgan fingerprint density at radius 3 is 3.04 bits per heavy atom. The molecular formula is C17H18N6O. The van der Waals surface area contributed by atoms with Crippen molar-refractivity contribution in [2.24, 2.45) is 0 Å². The molecule has 0 unspecified atom stereocenters. The lowest BCUT2D eigenvalue weighted by Crippen LogP contribution is -2.38. The number of carbonyl (C=O) groups is 1. The number of rotatable bonds is 4. The molecule has 122 valence electrons. The summed E-state index contributed by atoms with van der Waals surface area (Å²) >= 11 is 0. The fourth-order valence-electron chi connectivity index (χ4n) is 3.27. The average molecular weight is 322 g/mol. The van der Waals surface area contributed by atoms with Gasteiger partial charge in [-0.1, -0.05) is 5.21 Å². The zero-order valence-corrected chi connectivity index (χ0v) is 13.3. The van der Waals surface area contributed by atoms with Gasteiger partial charge in [0.05, 0.1) is 18.3 Å². The Kier molecular flexibility index (Phi) is 3.73. The quantitative estimate of drug-likeness (QED) is 0.855. The van der Waals surface area contributed by atoms with Gasteiger partial charge in [0.25, 0.3) is 5.91 Å². The highest BCUT2D eigenvalue weighted by Gasteiger charge is 2.31. The Morgan fingerprint density at radius 1 is 1.38 bits per heavy atom. The van der Waals surface area contributed by atoms with Gasteiger partial charge in [-0.2, -0.15) is 5.26 Å². The number of hydrogen-bond acceptors (Lipinski definition) is 5. The highest BCUT2D eigenvalue weighted by molar-refractivity contribution is 5.94. The first-order chi connectivity index (χ1) is 11.7. The van der Waals surface area contributed by atoms with Crippen LogP contribution in [0.15, 0.2) is 24.5 Å². The van der Waals surface area contributed by atoms with Crippen molar-refractivity contribution in [2.75, 3.05) is 6.54 Å². The third kappa shape index (κ3) is 2.87. The summed E-state index contributed by atoms with van der Waals surface area (Å²) in [6.45, 7) is 1.40. The number of nitriles is 1. The zero-order chi connectivity index (χ0) is 16.5. The summed E-state index contributed by atoms with van der Waals surface area (Å²) in [7, 11) is 0. The number of aromatic nitrogens is 4. The molecule has 2 aliphatic rings. The van der Waals surface area contributed by atoms with E-state index in [9.17, 15) is 4.79 Å². The average Bonchev–Trinajstić information content (AvgIpc) is 3.19. The minimum absolute atomic E-state index is 0.0427. The van der Waals surface area contributed by atoms with Crippen molar-refractivity contribution >= 4 is 5.91 Å². The fourth-order valence-corrected chi connectivity index (χ4v) is 3.27. The van der Waals surface area contributed by atoms with Crippen molar-refractivity contribution in [1.29, 1.82) is 5.26 Å². The molecule has 1 atom stereocenters. The third-order valence-electron chi connectivity index (χ3n) is 4.71. The Bertz CT molecular complexity index is 803. The lowest BCUT2D eigenvalue weighted by molar-refractivity contribution is 0.0721. The van der Waals surface area contributed by atoms with E-state index in [0.717, 1.165) is 25.1 Å². The Hall–Kier alpha value is -2.75. The zero-order valence-electron chi connectivity index (χ0n) is 13.3. The molecule has 2 fully saturated rings. The molecule has 4 rings (SSSR count). The first kappa shape index (κ1) is 14.8. The van der Waals surface area contributed by atoms with E-state index < -0.39 is 0 Å². The SMILES string of the molecule is N#Cc1cc(C(=O)N2CCC[C@H]2Cn2cc(C3CC3)nn2)ccn1. The van der Waals surface area contributed by atoms with Crippen LogP contribution in [0, 0.1) is 11.3 Å². The molecule has 1 aliphatic carbocycles. The molecule has 7 heteroatoms. The molecule has 2 aromatic rings. The number of hydrogen-bond donors (Lipinski definition) is 0. The molecule has 1 saturated carbocycles. The van der Waals surface area contributed by atoms with E-state index in [1.165, 1.54) is 19.0 Å². The van der Waals surface area contributed by atoms with Crippen molar-refractivity contribution in [3.05, 3.63) is 41.5 Å². The van der Waals surface area contributed by atoms with Crippen LogP contribution in [0.4, 0.5) is 0 Å². The van der Waals surface area contributed by atoms with E-state index in [1.54, 1.807) is 12.1 Å². The normalized spacial score (nSPS) is 20.1. The van der Waals surface area contributed by atoms with Gasteiger partial charge >= 0.3 is 0 Å². The van der Waals surface area contributed by atoms with E-state index in [2.05, 4.69) is 15.3 Å². The number of likely N-dealkylation sites (tertiary alicyclic amines) is 1. The maximum absolute atomic E-state index is 12.8. The number of pyridine rings is 1. The summed E-state index contributed by atoms with van der Waals surface area (Å²) in [6.07, 6.45) is 7.87. The van der Waals surface area contributed by atoms with Gasteiger partial charge in [0.2, 0.25) is 0 Å². The van der Waals surface area contributed by atoms with E-state index >= 15 is 0 Å². The molecule has 1 aliphatic heterocycles. The maximum Gasteiger partial charge on any atom is 0.254 e. The molecule has 2 aromatic heterocycles. The number of carbonyl (C=O) groups excluding carboxylic acids is 1. The van der Waals surface area contributed by atoms with Crippen LogP contribution in [0.25, 0.3) is 0 Å². The molecule has 0 bridgehead atoms. The molecule has 0 N–H and O–H groups in total. The molecule has 1 saturated heterocycles. The first-order valence-electron chi connectivity index (χ1n) is 8.32. The van der Waals surface area contributed by atoms with Gasteiger partial charge in [0.15, 0.2) is 0 Å². The summed E-state index contributed by atoms with van der Waals surface area (Å²) in [5, 5.41) is 17.4. The Labute approximate surface area is 139 Å². The van der Waals surface area contributed by atoms with E-state index in [-0.39, 0.29) is 17.6 Å². The van der Waals surface area contributed by atoms with Gasteiger partial charge in [-0.25, -0.2) is 4.98 Å². The molecule has 24 heavy (non-hydrogen) atoms. The van der Waals surface area contributed by atoms with Crippen LogP contribution in [0.5, 0.6) is 0 Å². The fraction of sp³-hybridized carbons (Fsp3) is 0.471. The summed E-state index contributed by atoms with van der Waals surface area (Å²) in [6, 6.07) is 5.31. The monoisotopic (exact) mass is 322 g/mol. The van der Waals surface area contributed by atoms with Gasteiger partial charge in [0.1, 0.15) is 11.8 Å². The topological polar surface area (TPSA) is 87.7 Å². The standard InChI is InChI=1S/C17H18N6O/c18-9-14-8-13(5-6-19-14)17(24)23-7-1-2-15(23)10-22-11-16(20-21-22)12-3-4-12/h5-6,8,11-12,15H,1-4,7,10H2/t15-/m0/s1. The summed E-state index contributed by atoms with van der Waals surface area (Å²) in [4.78, 5) is 18.6. The molecule has 7 nitrogen and oxygen atoms in total. The Balaban J connectivity index is 1.49. The molecule has 0 radical (unpaired) electrons. The summed E-state index contributed by atoms with van der Waals surface area (Å²) in [5.74, 6) is 0.542. The van der Waals surface area contributed by atoms with Crippen LogP contribution < -0.4 is 0 Å². The van der Waals surface area contributed by atoms with Crippen LogP contribution in [0.3, 0.4) is 0 Å². The van der Waals surface area contributed by atoms with Crippen LogP contribution in [0.2, 0.25) is 0 Å². The number of amides is 1. The predicted molar refractivity (Wildman–Crippen MR) is 85.0 cm³/mol. The van der Waals surface area contributed by atoms with Crippen LogP contribution >= 0.6 is 0 Å².